The predicted octanol–water partition coefficient (Wildman–Crippen LogP) is 2.77. The van der Waals surface area contributed by atoms with Crippen LogP contribution < -0.4 is 10.6 Å². The lowest BCUT2D eigenvalue weighted by molar-refractivity contribution is -0.128. The number of aryl methyl sites for hydroxylation is 1. The Balaban J connectivity index is 1.92. The van der Waals surface area contributed by atoms with E-state index in [2.05, 4.69) is 20.9 Å². The molecule has 0 saturated carbocycles. The topological polar surface area (TPSA) is 123 Å². The Morgan fingerprint density at radius 2 is 1.66 bits per heavy atom. The second-order valence-electron chi connectivity index (χ2n) is 8.95. The molecule has 0 aliphatic heterocycles. The van der Waals surface area contributed by atoms with Crippen molar-refractivity contribution >= 4 is 21.8 Å². The first kappa shape index (κ1) is 26.1. The van der Waals surface area contributed by atoms with Crippen LogP contribution in [-0.4, -0.2) is 40.7 Å². The molecule has 0 aliphatic rings. The van der Waals surface area contributed by atoms with E-state index < -0.39 is 28.0 Å². The van der Waals surface area contributed by atoms with Crippen LogP contribution in [0.5, 0.6) is 0 Å². The molecule has 1 aromatic heterocycles. The second kappa shape index (κ2) is 11.3. The van der Waals surface area contributed by atoms with Crippen LogP contribution in [0, 0.1) is 12.8 Å². The summed E-state index contributed by atoms with van der Waals surface area (Å²) in [6, 6.07) is 14.3. The Kier molecular flexibility index (Phi) is 8.39. The molecule has 0 fully saturated rings. The minimum atomic E-state index is -4.03. The third-order valence-corrected chi connectivity index (χ3v) is 7.05. The lowest BCUT2D eigenvalue weighted by Crippen LogP contribution is -2.48. The summed E-state index contributed by atoms with van der Waals surface area (Å²) in [4.78, 5) is 25.2. The van der Waals surface area contributed by atoms with Crippen molar-refractivity contribution in [3.8, 4) is 0 Å². The van der Waals surface area contributed by atoms with Crippen LogP contribution in [0.25, 0.3) is 0 Å². The van der Waals surface area contributed by atoms with Gasteiger partial charge >= 0.3 is 0 Å². The quantitative estimate of drug-likeness (QED) is 0.444. The number of rotatable bonds is 10. The smallest absolute Gasteiger partial charge is 0.284 e. The fourth-order valence-electron chi connectivity index (χ4n) is 3.75. The Bertz CT molecular complexity index is 1250. The van der Waals surface area contributed by atoms with Gasteiger partial charge in [-0.2, -0.15) is 8.42 Å². The Morgan fingerprint density at radius 1 is 1.00 bits per heavy atom. The van der Waals surface area contributed by atoms with Gasteiger partial charge in [-0.15, -0.1) is 9.19 Å². The van der Waals surface area contributed by atoms with Crippen molar-refractivity contribution in [1.29, 1.82) is 0 Å². The molecule has 0 aliphatic carbocycles. The van der Waals surface area contributed by atoms with Crippen LogP contribution in [0.4, 0.5) is 0 Å². The minimum Gasteiger partial charge on any atom is -0.346 e. The van der Waals surface area contributed by atoms with E-state index >= 15 is 0 Å². The van der Waals surface area contributed by atoms with E-state index in [1.807, 2.05) is 51.1 Å². The second-order valence-corrected chi connectivity index (χ2v) is 10.7. The van der Waals surface area contributed by atoms with Crippen LogP contribution >= 0.6 is 0 Å². The van der Waals surface area contributed by atoms with Crippen molar-refractivity contribution in [1.82, 2.24) is 25.0 Å². The monoisotopic (exact) mass is 497 g/mol. The van der Waals surface area contributed by atoms with Crippen molar-refractivity contribution in [2.24, 2.45) is 5.92 Å². The molecule has 9 nitrogen and oxygen atoms in total. The maximum absolute atomic E-state index is 13.3. The Morgan fingerprint density at radius 3 is 2.26 bits per heavy atom. The van der Waals surface area contributed by atoms with Gasteiger partial charge in [0.25, 0.3) is 10.0 Å². The normalized spacial score (nSPS) is 13.3. The molecule has 0 radical (unpaired) electrons. The number of aromatic nitrogens is 3. The summed E-state index contributed by atoms with van der Waals surface area (Å²) in [6.07, 6.45) is 2.09. The third-order valence-electron chi connectivity index (χ3n) is 5.45. The summed E-state index contributed by atoms with van der Waals surface area (Å²) >= 11 is 0. The van der Waals surface area contributed by atoms with Crippen molar-refractivity contribution < 1.29 is 18.0 Å². The highest BCUT2D eigenvalue weighted by Crippen LogP contribution is 2.24. The van der Waals surface area contributed by atoms with E-state index in [0.717, 1.165) is 15.2 Å². The molecule has 0 unspecified atom stereocenters. The molecule has 2 aromatic carbocycles. The zero-order chi connectivity index (χ0) is 25.6. The molecule has 1 heterocycles. The summed E-state index contributed by atoms with van der Waals surface area (Å²) < 4.78 is 27.5. The number of hydrogen-bond donors (Lipinski definition) is 2. The first-order valence-electron chi connectivity index (χ1n) is 11.4. The number of carbonyl (C=O) groups excluding carboxylic acids is 2. The number of carbonyl (C=O) groups is 2. The summed E-state index contributed by atoms with van der Waals surface area (Å²) in [5.74, 6) is -0.635. The van der Waals surface area contributed by atoms with E-state index in [1.165, 1.54) is 25.3 Å². The molecule has 2 N–H and O–H groups in total. The van der Waals surface area contributed by atoms with Crippen molar-refractivity contribution in [2.45, 2.75) is 57.5 Å². The van der Waals surface area contributed by atoms with Gasteiger partial charge in [-0.3, -0.25) is 9.59 Å². The fraction of sp³-hybridized carbons (Fsp3) is 0.360. The molecule has 0 spiro atoms. The van der Waals surface area contributed by atoms with Gasteiger partial charge in [-0.05, 0) is 37.0 Å². The fourth-order valence-corrected chi connectivity index (χ4v) is 5.02. The van der Waals surface area contributed by atoms with Crippen molar-refractivity contribution in [3.05, 3.63) is 77.6 Å². The number of amides is 2. The molecule has 186 valence electrons. The molecular weight excluding hydrogens is 466 g/mol. The number of nitrogens with one attached hydrogen (secondary N) is 2. The highest BCUT2D eigenvalue weighted by atomic mass is 32.2. The van der Waals surface area contributed by atoms with Crippen LogP contribution in [0.15, 0.2) is 65.7 Å². The third kappa shape index (κ3) is 6.75. The van der Waals surface area contributed by atoms with Crippen LogP contribution in [0.1, 0.15) is 50.1 Å². The number of nitrogens with zero attached hydrogens (tertiary/aromatic N) is 3. The molecule has 3 rings (SSSR count). The molecular formula is C25H31N5O4S. The SMILES string of the molecule is CC(=O)N[C@@H](Cc1ccccc1)C(=O)N[C@@H](CC(C)C)c1cnnn1S(=O)(=O)c1ccc(C)cc1. The van der Waals surface area contributed by atoms with E-state index in [1.54, 1.807) is 12.1 Å². The highest BCUT2D eigenvalue weighted by Gasteiger charge is 2.30. The van der Waals surface area contributed by atoms with Gasteiger partial charge in [0.05, 0.1) is 22.8 Å². The van der Waals surface area contributed by atoms with Crippen molar-refractivity contribution in [3.63, 3.8) is 0 Å². The van der Waals surface area contributed by atoms with Gasteiger partial charge in [-0.25, -0.2) is 0 Å². The minimum absolute atomic E-state index is 0.0738. The van der Waals surface area contributed by atoms with Gasteiger partial charge in [0, 0.05) is 13.3 Å². The highest BCUT2D eigenvalue weighted by molar-refractivity contribution is 7.89. The van der Waals surface area contributed by atoms with Gasteiger partial charge in [-0.1, -0.05) is 67.1 Å². The van der Waals surface area contributed by atoms with Gasteiger partial charge in [0.2, 0.25) is 11.8 Å². The summed E-state index contributed by atoms with van der Waals surface area (Å²) in [6.45, 7) is 7.16. The standard InChI is InChI=1S/C25H31N5O4S/c1-17(2)14-22(28-25(32)23(27-19(4)31)15-20-8-6-5-7-9-20)24-16-26-29-30(24)35(33,34)21-12-10-18(3)11-13-21/h5-13,16-17,22-23H,14-15H2,1-4H3,(H,27,31)(H,28,32)/t22-,23-/m0/s1. The van der Waals surface area contributed by atoms with Crippen LogP contribution in [-0.2, 0) is 26.0 Å². The molecule has 2 amide bonds. The number of hydrogen-bond acceptors (Lipinski definition) is 6. The van der Waals surface area contributed by atoms with Crippen molar-refractivity contribution in [2.75, 3.05) is 0 Å². The molecule has 2 atom stereocenters. The van der Waals surface area contributed by atoms with Gasteiger partial charge < -0.3 is 10.6 Å². The Labute approximate surface area is 206 Å². The summed E-state index contributed by atoms with van der Waals surface area (Å²) in [7, 11) is -4.03. The molecule has 10 heteroatoms. The molecule has 35 heavy (non-hydrogen) atoms. The van der Waals surface area contributed by atoms with E-state index in [0.29, 0.717) is 12.8 Å². The maximum Gasteiger partial charge on any atom is 0.284 e. The predicted molar refractivity (Wildman–Crippen MR) is 132 cm³/mol. The lowest BCUT2D eigenvalue weighted by atomic mass is 10.00. The van der Waals surface area contributed by atoms with Gasteiger partial charge in [0.1, 0.15) is 6.04 Å². The number of benzene rings is 2. The summed E-state index contributed by atoms with van der Waals surface area (Å²) in [5.41, 5.74) is 2.06. The van der Waals surface area contributed by atoms with E-state index in [-0.39, 0.29) is 22.4 Å². The molecule has 3 aromatic rings. The molecule has 0 bridgehead atoms. The average molecular weight is 498 g/mol. The molecule has 0 saturated heterocycles. The largest absolute Gasteiger partial charge is 0.346 e. The van der Waals surface area contributed by atoms with E-state index in [9.17, 15) is 18.0 Å². The first-order chi connectivity index (χ1) is 16.6. The Hall–Kier alpha value is -3.53. The van der Waals surface area contributed by atoms with E-state index in [4.69, 9.17) is 0 Å². The van der Waals surface area contributed by atoms with Crippen LogP contribution in [0.3, 0.4) is 0 Å². The summed E-state index contributed by atoms with van der Waals surface area (Å²) in [5, 5.41) is 13.3. The zero-order valence-electron chi connectivity index (χ0n) is 20.3. The zero-order valence-corrected chi connectivity index (χ0v) is 21.1. The first-order valence-corrected chi connectivity index (χ1v) is 12.9. The lowest BCUT2D eigenvalue weighted by Gasteiger charge is -2.24. The van der Waals surface area contributed by atoms with Gasteiger partial charge in [0.15, 0.2) is 0 Å². The average Bonchev–Trinajstić information content (AvgIpc) is 3.29. The van der Waals surface area contributed by atoms with Crippen LogP contribution in [0.2, 0.25) is 0 Å². The maximum atomic E-state index is 13.3.